The van der Waals surface area contributed by atoms with Gasteiger partial charge in [0.05, 0.1) is 12.6 Å². The summed E-state index contributed by atoms with van der Waals surface area (Å²) in [6.07, 6.45) is 0. The number of nitrogen functional groups attached to an aromatic ring is 1. The average molecular weight is 384 g/mol. The third kappa shape index (κ3) is 3.98. The van der Waals surface area contributed by atoms with Gasteiger partial charge in [-0.05, 0) is 35.4 Å². The molecule has 5 nitrogen and oxygen atoms in total. The maximum absolute atomic E-state index is 11.4. The summed E-state index contributed by atoms with van der Waals surface area (Å²) in [4.78, 5) is 11.4. The van der Waals surface area contributed by atoms with Crippen LogP contribution in [0, 0.1) is 0 Å². The minimum absolute atomic E-state index is 0.0400. The Hall–Kier alpha value is -1.60. The second-order valence-electron chi connectivity index (χ2n) is 4.68. The molecule has 0 aliphatic heterocycles. The zero-order valence-corrected chi connectivity index (χ0v) is 14.0. The van der Waals surface area contributed by atoms with Crippen LogP contribution in [0.2, 0.25) is 5.02 Å². The first-order chi connectivity index (χ1) is 10.5. The van der Waals surface area contributed by atoms with Gasteiger partial charge in [-0.3, -0.25) is 15.5 Å². The quantitative estimate of drug-likeness (QED) is 0.276. The Kier molecular flexibility index (Phi) is 5.79. The molecule has 0 heterocycles. The van der Waals surface area contributed by atoms with Crippen molar-refractivity contribution in [3.8, 4) is 0 Å². The van der Waals surface area contributed by atoms with E-state index in [9.17, 15) is 4.79 Å². The summed E-state index contributed by atoms with van der Waals surface area (Å²) in [7, 11) is 0. The number of amides is 1. The summed E-state index contributed by atoms with van der Waals surface area (Å²) in [5, 5.41) is 3.72. The van der Waals surface area contributed by atoms with Crippen molar-refractivity contribution in [1.82, 2.24) is 10.7 Å². The van der Waals surface area contributed by atoms with Crippen LogP contribution in [-0.2, 0) is 4.79 Å². The summed E-state index contributed by atoms with van der Waals surface area (Å²) in [5.74, 6) is 4.79. The number of nitrogens with one attached hydrogen (secondary N) is 2. The van der Waals surface area contributed by atoms with Crippen molar-refractivity contribution in [2.75, 3.05) is 12.3 Å². The van der Waals surface area contributed by atoms with Gasteiger partial charge in [0.1, 0.15) is 0 Å². The van der Waals surface area contributed by atoms with Gasteiger partial charge in [-0.15, -0.1) is 0 Å². The molecule has 2 aromatic carbocycles. The van der Waals surface area contributed by atoms with Crippen molar-refractivity contribution >= 4 is 39.1 Å². The van der Waals surface area contributed by atoms with Gasteiger partial charge < -0.3 is 5.73 Å². The molecule has 7 heteroatoms. The lowest BCUT2D eigenvalue weighted by Gasteiger charge is -2.22. The molecule has 0 spiro atoms. The van der Waals surface area contributed by atoms with Crippen molar-refractivity contribution in [3.05, 3.63) is 63.1 Å². The molecule has 0 radical (unpaired) electrons. The van der Waals surface area contributed by atoms with Crippen LogP contribution in [0.4, 0.5) is 5.69 Å². The van der Waals surface area contributed by atoms with E-state index < -0.39 is 0 Å². The standard InChI is InChI=1S/C15H16BrClN4O/c16-9-5-6-13(18)11(7-9)15(20-8-14(22)21-19)10-3-1-2-4-12(10)17/h1-7,15,20H,8,18-19H2,(H,21,22)/t15-/m0/s1. The van der Waals surface area contributed by atoms with Crippen LogP contribution >= 0.6 is 27.5 Å². The largest absolute Gasteiger partial charge is 0.398 e. The zero-order chi connectivity index (χ0) is 16.1. The Morgan fingerprint density at radius 2 is 1.95 bits per heavy atom. The van der Waals surface area contributed by atoms with Gasteiger partial charge in [-0.1, -0.05) is 45.7 Å². The van der Waals surface area contributed by atoms with Crippen LogP contribution in [0.25, 0.3) is 0 Å². The molecule has 0 saturated carbocycles. The number of carbonyl (C=O) groups is 1. The Morgan fingerprint density at radius 1 is 1.23 bits per heavy atom. The number of benzene rings is 2. The molecule has 0 aliphatic carbocycles. The molecule has 2 rings (SSSR count). The zero-order valence-electron chi connectivity index (χ0n) is 11.6. The third-order valence-electron chi connectivity index (χ3n) is 3.20. The van der Waals surface area contributed by atoms with Crippen LogP contribution in [0.15, 0.2) is 46.9 Å². The molecule has 0 fully saturated rings. The number of hydrogen-bond acceptors (Lipinski definition) is 4. The predicted molar refractivity (Wildman–Crippen MR) is 92.2 cm³/mol. The smallest absolute Gasteiger partial charge is 0.247 e. The van der Waals surface area contributed by atoms with E-state index in [2.05, 4.69) is 26.7 Å². The van der Waals surface area contributed by atoms with Gasteiger partial charge >= 0.3 is 0 Å². The Balaban J connectivity index is 2.43. The summed E-state index contributed by atoms with van der Waals surface area (Å²) < 4.78 is 0.888. The lowest BCUT2D eigenvalue weighted by molar-refractivity contribution is -0.120. The molecule has 116 valence electrons. The maximum atomic E-state index is 11.4. The topological polar surface area (TPSA) is 93.2 Å². The fraction of sp³-hybridized carbons (Fsp3) is 0.133. The number of halogens is 2. The van der Waals surface area contributed by atoms with E-state index in [-0.39, 0.29) is 18.5 Å². The minimum atomic E-state index is -0.330. The van der Waals surface area contributed by atoms with E-state index in [1.165, 1.54) is 0 Å². The summed E-state index contributed by atoms with van der Waals surface area (Å²) >= 11 is 9.73. The second-order valence-corrected chi connectivity index (χ2v) is 6.00. The first-order valence-corrected chi connectivity index (χ1v) is 7.72. The molecule has 1 atom stereocenters. The molecule has 2 aromatic rings. The average Bonchev–Trinajstić information content (AvgIpc) is 2.52. The van der Waals surface area contributed by atoms with E-state index in [0.717, 1.165) is 15.6 Å². The minimum Gasteiger partial charge on any atom is -0.398 e. The number of nitrogens with two attached hydrogens (primary N) is 2. The number of hydrogen-bond donors (Lipinski definition) is 4. The highest BCUT2D eigenvalue weighted by molar-refractivity contribution is 9.10. The van der Waals surface area contributed by atoms with E-state index in [4.69, 9.17) is 23.2 Å². The number of hydrazine groups is 1. The highest BCUT2D eigenvalue weighted by Crippen LogP contribution is 2.32. The highest BCUT2D eigenvalue weighted by Gasteiger charge is 2.20. The molecule has 0 unspecified atom stereocenters. The van der Waals surface area contributed by atoms with Crippen LogP contribution in [0.1, 0.15) is 17.2 Å². The van der Waals surface area contributed by atoms with Gasteiger partial charge in [-0.25, -0.2) is 5.84 Å². The van der Waals surface area contributed by atoms with Gasteiger partial charge in [0.15, 0.2) is 0 Å². The van der Waals surface area contributed by atoms with Crippen LogP contribution in [0.3, 0.4) is 0 Å². The van der Waals surface area contributed by atoms with Gasteiger partial charge in [0, 0.05) is 15.2 Å². The second kappa shape index (κ2) is 7.60. The Morgan fingerprint density at radius 3 is 2.64 bits per heavy atom. The fourth-order valence-electron chi connectivity index (χ4n) is 2.14. The molecular formula is C15H16BrClN4O. The maximum Gasteiger partial charge on any atom is 0.247 e. The number of rotatable bonds is 5. The Labute approximate surface area is 142 Å². The summed E-state index contributed by atoms with van der Waals surface area (Å²) in [5.41, 5.74) is 10.4. The van der Waals surface area contributed by atoms with Crippen molar-refractivity contribution in [2.45, 2.75) is 6.04 Å². The molecule has 22 heavy (non-hydrogen) atoms. The highest BCUT2D eigenvalue weighted by atomic mass is 79.9. The molecule has 0 bridgehead atoms. The Bertz CT molecular complexity index is 680. The normalized spacial score (nSPS) is 12.0. The van der Waals surface area contributed by atoms with Crippen molar-refractivity contribution in [1.29, 1.82) is 0 Å². The molecule has 1 amide bonds. The summed E-state index contributed by atoms with van der Waals surface area (Å²) in [6, 6.07) is 12.6. The first-order valence-electron chi connectivity index (χ1n) is 6.55. The lowest BCUT2D eigenvalue weighted by Crippen LogP contribution is -2.39. The molecule has 0 aromatic heterocycles. The van der Waals surface area contributed by atoms with E-state index in [1.807, 2.05) is 30.3 Å². The van der Waals surface area contributed by atoms with Crippen LogP contribution in [0.5, 0.6) is 0 Å². The lowest BCUT2D eigenvalue weighted by atomic mass is 9.97. The van der Waals surface area contributed by atoms with Gasteiger partial charge in [0.25, 0.3) is 0 Å². The van der Waals surface area contributed by atoms with Crippen molar-refractivity contribution in [2.24, 2.45) is 5.84 Å². The van der Waals surface area contributed by atoms with Gasteiger partial charge in [-0.2, -0.15) is 0 Å². The molecule has 6 N–H and O–H groups in total. The van der Waals surface area contributed by atoms with Crippen molar-refractivity contribution in [3.63, 3.8) is 0 Å². The SMILES string of the molecule is NNC(=O)CN[C@H](c1cc(Br)ccc1N)c1ccccc1Cl. The fourth-order valence-corrected chi connectivity index (χ4v) is 2.76. The number of anilines is 1. The van der Waals surface area contributed by atoms with Crippen LogP contribution in [-0.4, -0.2) is 12.5 Å². The molecule has 0 saturated heterocycles. The van der Waals surface area contributed by atoms with E-state index >= 15 is 0 Å². The van der Waals surface area contributed by atoms with Crippen LogP contribution < -0.4 is 22.3 Å². The van der Waals surface area contributed by atoms with E-state index in [0.29, 0.717) is 10.7 Å². The van der Waals surface area contributed by atoms with Gasteiger partial charge in [0.2, 0.25) is 5.91 Å². The monoisotopic (exact) mass is 382 g/mol. The first kappa shape index (κ1) is 16.8. The summed E-state index contributed by atoms with van der Waals surface area (Å²) in [6.45, 7) is 0.0400. The number of carbonyl (C=O) groups excluding carboxylic acids is 1. The van der Waals surface area contributed by atoms with E-state index in [1.54, 1.807) is 12.1 Å². The van der Waals surface area contributed by atoms with Crippen molar-refractivity contribution < 1.29 is 4.79 Å². The molecule has 0 aliphatic rings. The predicted octanol–water partition coefficient (Wildman–Crippen LogP) is 2.35. The third-order valence-corrected chi connectivity index (χ3v) is 4.04. The molecular weight excluding hydrogens is 368 g/mol.